The zero-order valence-corrected chi connectivity index (χ0v) is 12.9. The standard InChI is InChI=1S/C10H6N2O3S.K/c11-5-7-4-8-2-1-3-9(16(13,14)15)10(8)12-6-7;/h1-4,6H,(H,13,14,15);/q;+1/p-1. The molecule has 1 heterocycles. The van der Waals surface area contributed by atoms with Gasteiger partial charge in [-0.25, -0.2) is 8.42 Å². The largest absolute Gasteiger partial charge is 1.00 e. The van der Waals surface area contributed by atoms with Gasteiger partial charge in [-0.3, -0.25) is 4.98 Å². The summed E-state index contributed by atoms with van der Waals surface area (Å²) in [6.07, 6.45) is 1.23. The summed E-state index contributed by atoms with van der Waals surface area (Å²) >= 11 is 0. The molecule has 0 spiro atoms. The van der Waals surface area contributed by atoms with Crippen molar-refractivity contribution in [1.29, 1.82) is 5.26 Å². The quantitative estimate of drug-likeness (QED) is 0.443. The van der Waals surface area contributed by atoms with Crippen LogP contribution < -0.4 is 51.4 Å². The molecule has 7 heteroatoms. The van der Waals surface area contributed by atoms with Gasteiger partial charge in [-0.15, -0.1) is 0 Å². The van der Waals surface area contributed by atoms with Gasteiger partial charge in [0.15, 0.2) is 0 Å². The monoisotopic (exact) mass is 272 g/mol. The van der Waals surface area contributed by atoms with E-state index in [0.29, 0.717) is 10.9 Å². The fraction of sp³-hybridized carbons (Fsp3) is 0. The van der Waals surface area contributed by atoms with E-state index in [1.165, 1.54) is 24.4 Å². The first-order chi connectivity index (χ1) is 7.52. The molecule has 0 aliphatic carbocycles. The van der Waals surface area contributed by atoms with Gasteiger partial charge in [0.2, 0.25) is 0 Å². The van der Waals surface area contributed by atoms with Crippen molar-refractivity contribution in [3.8, 4) is 6.07 Å². The molecule has 0 saturated carbocycles. The van der Waals surface area contributed by atoms with Crippen molar-refractivity contribution in [3.63, 3.8) is 0 Å². The van der Waals surface area contributed by atoms with E-state index < -0.39 is 10.1 Å². The van der Waals surface area contributed by atoms with Crippen molar-refractivity contribution in [3.05, 3.63) is 36.0 Å². The molecule has 5 nitrogen and oxygen atoms in total. The van der Waals surface area contributed by atoms with Crippen LogP contribution in [0.25, 0.3) is 10.9 Å². The minimum Gasteiger partial charge on any atom is -0.744 e. The van der Waals surface area contributed by atoms with Gasteiger partial charge in [-0.05, 0) is 12.1 Å². The Morgan fingerprint density at radius 1 is 1.35 bits per heavy atom. The summed E-state index contributed by atoms with van der Waals surface area (Å²) in [6, 6.07) is 7.60. The molecule has 0 unspecified atom stereocenters. The normalized spacial score (nSPS) is 10.6. The maximum Gasteiger partial charge on any atom is 1.00 e. The van der Waals surface area contributed by atoms with E-state index in [1.807, 2.05) is 6.07 Å². The van der Waals surface area contributed by atoms with E-state index in [-0.39, 0.29) is 61.8 Å². The summed E-state index contributed by atoms with van der Waals surface area (Å²) in [5.41, 5.74) is 0.407. The second-order valence-corrected chi connectivity index (χ2v) is 4.47. The van der Waals surface area contributed by atoms with Crippen molar-refractivity contribution in [2.45, 2.75) is 4.90 Å². The predicted octanol–water partition coefficient (Wildman–Crippen LogP) is -1.99. The number of hydrogen-bond donors (Lipinski definition) is 0. The zero-order valence-electron chi connectivity index (χ0n) is 8.91. The van der Waals surface area contributed by atoms with Gasteiger partial charge < -0.3 is 4.55 Å². The molecule has 0 N–H and O–H groups in total. The van der Waals surface area contributed by atoms with Crippen molar-refractivity contribution in [2.24, 2.45) is 0 Å². The molecule has 0 aliphatic rings. The molecule has 2 rings (SSSR count). The van der Waals surface area contributed by atoms with Crippen molar-refractivity contribution < 1.29 is 64.4 Å². The fourth-order valence-corrected chi connectivity index (χ4v) is 2.05. The molecule has 0 amide bonds. The Balaban J connectivity index is 0.00000144. The van der Waals surface area contributed by atoms with Gasteiger partial charge >= 0.3 is 51.4 Å². The molecule has 1 aromatic heterocycles. The summed E-state index contributed by atoms with van der Waals surface area (Å²) in [5, 5.41) is 9.11. The van der Waals surface area contributed by atoms with Crippen LogP contribution in [0.3, 0.4) is 0 Å². The summed E-state index contributed by atoms with van der Waals surface area (Å²) in [7, 11) is -4.54. The summed E-state index contributed by atoms with van der Waals surface area (Å²) in [6.45, 7) is 0. The van der Waals surface area contributed by atoms with Crippen molar-refractivity contribution in [2.75, 3.05) is 0 Å². The maximum absolute atomic E-state index is 10.9. The third-order valence-electron chi connectivity index (χ3n) is 2.07. The van der Waals surface area contributed by atoms with Crippen LogP contribution in [0.5, 0.6) is 0 Å². The van der Waals surface area contributed by atoms with Crippen LogP contribution in [0, 0.1) is 11.3 Å². The van der Waals surface area contributed by atoms with E-state index >= 15 is 0 Å². The average Bonchev–Trinajstić information content (AvgIpc) is 2.26. The molecule has 0 bridgehead atoms. The molecule has 0 radical (unpaired) electrons. The van der Waals surface area contributed by atoms with Crippen LogP contribution in [-0.4, -0.2) is 18.0 Å². The van der Waals surface area contributed by atoms with Gasteiger partial charge in [0, 0.05) is 11.6 Å². The second kappa shape index (κ2) is 5.54. The smallest absolute Gasteiger partial charge is 0.744 e. The number of fused-ring (bicyclic) bond motifs is 1. The Morgan fingerprint density at radius 3 is 2.65 bits per heavy atom. The Kier molecular flexibility index (Phi) is 4.80. The molecule has 0 atom stereocenters. The molecular formula is C10H5KN2O3S. The molecule has 17 heavy (non-hydrogen) atoms. The van der Waals surface area contributed by atoms with E-state index in [9.17, 15) is 13.0 Å². The van der Waals surface area contributed by atoms with Gasteiger partial charge in [-0.1, -0.05) is 12.1 Å². The van der Waals surface area contributed by atoms with Crippen LogP contribution in [-0.2, 0) is 10.1 Å². The van der Waals surface area contributed by atoms with E-state index in [1.54, 1.807) is 6.07 Å². The Bertz CT molecular complexity index is 707. The van der Waals surface area contributed by atoms with E-state index in [4.69, 9.17) is 5.26 Å². The van der Waals surface area contributed by atoms with Gasteiger partial charge in [0.05, 0.1) is 16.0 Å². The Morgan fingerprint density at radius 2 is 2.06 bits per heavy atom. The number of rotatable bonds is 1. The fourth-order valence-electron chi connectivity index (χ4n) is 1.40. The molecule has 80 valence electrons. The molecular weight excluding hydrogens is 267 g/mol. The third kappa shape index (κ3) is 3.11. The van der Waals surface area contributed by atoms with Crippen LogP contribution in [0.15, 0.2) is 35.4 Å². The molecule has 0 saturated heterocycles. The molecule has 1 aromatic carbocycles. The summed E-state index contributed by atoms with van der Waals surface area (Å²) in [4.78, 5) is 3.45. The van der Waals surface area contributed by atoms with Gasteiger partial charge in [0.25, 0.3) is 0 Å². The number of benzene rings is 1. The maximum atomic E-state index is 10.9. The van der Waals surface area contributed by atoms with Crippen LogP contribution >= 0.6 is 0 Å². The second-order valence-electron chi connectivity index (χ2n) is 3.12. The molecule has 2 aromatic rings. The number of nitrogens with zero attached hydrogens (tertiary/aromatic N) is 2. The number of nitriles is 1. The molecule has 0 aliphatic heterocycles. The first-order valence-electron chi connectivity index (χ1n) is 4.27. The van der Waals surface area contributed by atoms with Gasteiger partial charge in [-0.2, -0.15) is 5.26 Å². The first kappa shape index (κ1) is 14.7. The third-order valence-corrected chi connectivity index (χ3v) is 2.94. The number of para-hydroxylation sites is 1. The van der Waals surface area contributed by atoms with E-state index in [2.05, 4.69) is 4.98 Å². The number of hydrogen-bond acceptors (Lipinski definition) is 5. The SMILES string of the molecule is N#Cc1cnc2c(S(=O)(=O)[O-])cccc2c1.[K+]. The summed E-state index contributed by atoms with van der Waals surface area (Å²) < 4.78 is 32.8. The Hall–Kier alpha value is -0.334. The van der Waals surface area contributed by atoms with Crippen molar-refractivity contribution in [1.82, 2.24) is 4.98 Å². The zero-order chi connectivity index (χ0) is 11.8. The minimum absolute atomic E-state index is 0. The molecule has 0 fully saturated rings. The summed E-state index contributed by atoms with van der Waals surface area (Å²) in [5.74, 6) is 0. The van der Waals surface area contributed by atoms with Gasteiger partial charge in [0.1, 0.15) is 16.2 Å². The first-order valence-corrected chi connectivity index (χ1v) is 5.68. The average molecular weight is 272 g/mol. The minimum atomic E-state index is -4.54. The Labute approximate surface area is 141 Å². The van der Waals surface area contributed by atoms with E-state index in [0.717, 1.165) is 0 Å². The number of aromatic nitrogens is 1. The van der Waals surface area contributed by atoms with Crippen molar-refractivity contribution >= 4 is 21.0 Å². The van der Waals surface area contributed by atoms with Crippen LogP contribution in [0.4, 0.5) is 0 Å². The topological polar surface area (TPSA) is 93.9 Å². The van der Waals surface area contributed by atoms with Crippen LogP contribution in [0.1, 0.15) is 5.56 Å². The predicted molar refractivity (Wildman–Crippen MR) is 54.4 cm³/mol. The number of pyridine rings is 1. The van der Waals surface area contributed by atoms with Crippen LogP contribution in [0.2, 0.25) is 0 Å².